The Morgan fingerprint density at radius 1 is 1.46 bits per heavy atom. The van der Waals surface area contributed by atoms with E-state index in [1.54, 1.807) is 0 Å². The van der Waals surface area contributed by atoms with E-state index in [1.807, 2.05) is 31.2 Å². The standard InChI is InChI=1S/C9H9NO3/c1-9-6-4-2-3-5-7(6)10(11)8(9)12-13-9/h2-5,8,10H,1H3. The number of rotatable bonds is 0. The number of hydroxylamine groups is 1. The molecular weight excluding hydrogens is 170 g/mol. The van der Waals surface area contributed by atoms with Crippen molar-refractivity contribution in [2.24, 2.45) is 0 Å². The molecule has 0 bridgehead atoms. The Kier molecular flexibility index (Phi) is 1.21. The Morgan fingerprint density at radius 2 is 2.23 bits per heavy atom. The third kappa shape index (κ3) is 0.698. The van der Waals surface area contributed by atoms with E-state index in [0.717, 1.165) is 11.3 Å². The fourth-order valence-electron chi connectivity index (χ4n) is 1.99. The Bertz CT molecular complexity index is 368. The largest absolute Gasteiger partial charge is 0.627 e. The molecule has 3 unspecified atom stereocenters. The Hall–Kier alpha value is -0.940. The second-order valence-electron chi connectivity index (χ2n) is 3.58. The zero-order chi connectivity index (χ0) is 9.05. The molecule has 0 amide bonds. The van der Waals surface area contributed by atoms with Gasteiger partial charge >= 0.3 is 0 Å². The zero-order valence-electron chi connectivity index (χ0n) is 7.11. The third-order valence-electron chi connectivity index (χ3n) is 2.78. The van der Waals surface area contributed by atoms with Crippen LogP contribution in [0, 0.1) is 5.21 Å². The summed E-state index contributed by atoms with van der Waals surface area (Å²) in [6.07, 6.45) is -0.426. The van der Waals surface area contributed by atoms with Crippen molar-refractivity contribution in [3.05, 3.63) is 35.0 Å². The van der Waals surface area contributed by atoms with E-state index < -0.39 is 11.8 Å². The van der Waals surface area contributed by atoms with E-state index in [0.29, 0.717) is 0 Å². The van der Waals surface area contributed by atoms with Gasteiger partial charge in [0.15, 0.2) is 0 Å². The quantitative estimate of drug-likeness (QED) is 0.457. The lowest BCUT2D eigenvalue weighted by atomic mass is 9.96. The number of para-hydroxylation sites is 1. The molecule has 68 valence electrons. The van der Waals surface area contributed by atoms with Gasteiger partial charge in [0, 0.05) is 0 Å². The molecule has 2 aliphatic rings. The van der Waals surface area contributed by atoms with Gasteiger partial charge in [-0.3, -0.25) is 0 Å². The van der Waals surface area contributed by atoms with Gasteiger partial charge in [-0.2, -0.15) is 4.89 Å². The van der Waals surface area contributed by atoms with Crippen LogP contribution in [-0.4, -0.2) is 6.23 Å². The molecule has 0 spiro atoms. The molecule has 1 N–H and O–H groups in total. The monoisotopic (exact) mass is 179 g/mol. The minimum atomic E-state index is -0.534. The van der Waals surface area contributed by atoms with Crippen molar-refractivity contribution in [3.63, 3.8) is 0 Å². The predicted molar refractivity (Wildman–Crippen MR) is 43.7 cm³/mol. The third-order valence-corrected chi connectivity index (χ3v) is 2.78. The highest BCUT2D eigenvalue weighted by Gasteiger charge is 2.61. The Balaban J connectivity index is 2.22. The average Bonchev–Trinajstić information content (AvgIpc) is 2.27. The molecule has 3 rings (SSSR count). The maximum Gasteiger partial charge on any atom is 0.263 e. The Morgan fingerprint density at radius 3 is 2.92 bits per heavy atom. The fourth-order valence-corrected chi connectivity index (χ4v) is 1.99. The van der Waals surface area contributed by atoms with Crippen LogP contribution in [0.15, 0.2) is 24.3 Å². The lowest BCUT2D eigenvalue weighted by Gasteiger charge is -2.39. The summed E-state index contributed by atoms with van der Waals surface area (Å²) in [4.78, 5) is 9.82. The summed E-state index contributed by atoms with van der Waals surface area (Å²) in [5, 5.41) is 11.7. The van der Waals surface area contributed by atoms with E-state index in [1.165, 1.54) is 0 Å². The molecule has 1 aromatic rings. The first-order valence-corrected chi connectivity index (χ1v) is 4.22. The van der Waals surface area contributed by atoms with Gasteiger partial charge in [-0.25, -0.2) is 4.89 Å². The van der Waals surface area contributed by atoms with Gasteiger partial charge < -0.3 is 10.3 Å². The van der Waals surface area contributed by atoms with E-state index >= 15 is 0 Å². The lowest BCUT2D eigenvalue weighted by molar-refractivity contribution is -0.893. The minimum Gasteiger partial charge on any atom is -0.627 e. The Labute approximate surface area is 75.2 Å². The van der Waals surface area contributed by atoms with Crippen molar-refractivity contribution >= 4 is 5.69 Å². The molecule has 0 aliphatic carbocycles. The lowest BCUT2D eigenvalue weighted by Crippen LogP contribution is -3.08. The first kappa shape index (κ1) is 7.46. The van der Waals surface area contributed by atoms with E-state index in [4.69, 9.17) is 9.78 Å². The highest BCUT2D eigenvalue weighted by atomic mass is 17.3. The normalized spacial score (nSPS) is 40.8. The highest BCUT2D eigenvalue weighted by Crippen LogP contribution is 2.44. The van der Waals surface area contributed by atoms with Gasteiger partial charge in [-0.05, 0) is 19.1 Å². The maximum atomic E-state index is 11.7. The summed E-state index contributed by atoms with van der Waals surface area (Å²) in [6.45, 7) is 1.88. The molecule has 1 aromatic carbocycles. The van der Waals surface area contributed by atoms with Crippen LogP contribution in [0.5, 0.6) is 0 Å². The van der Waals surface area contributed by atoms with Crippen LogP contribution in [0.4, 0.5) is 5.69 Å². The second kappa shape index (κ2) is 2.10. The van der Waals surface area contributed by atoms with Crippen molar-refractivity contribution in [2.75, 3.05) is 0 Å². The number of quaternary nitrogens is 1. The summed E-state index contributed by atoms with van der Waals surface area (Å²) in [6, 6.07) is 7.48. The molecule has 0 aromatic heterocycles. The van der Waals surface area contributed by atoms with Crippen molar-refractivity contribution in [1.82, 2.24) is 0 Å². The van der Waals surface area contributed by atoms with Gasteiger partial charge in [0.25, 0.3) is 6.23 Å². The van der Waals surface area contributed by atoms with E-state index in [-0.39, 0.29) is 5.06 Å². The van der Waals surface area contributed by atoms with Crippen LogP contribution in [0.2, 0.25) is 0 Å². The molecular formula is C9H9NO3. The molecule has 1 saturated heterocycles. The first-order chi connectivity index (χ1) is 6.23. The minimum absolute atomic E-state index is 0.0318. The summed E-state index contributed by atoms with van der Waals surface area (Å²) < 4.78 is 0. The summed E-state index contributed by atoms with van der Waals surface area (Å²) in [7, 11) is 0. The summed E-state index contributed by atoms with van der Waals surface area (Å²) >= 11 is 0. The summed E-state index contributed by atoms with van der Waals surface area (Å²) in [5.41, 5.74) is 1.14. The highest BCUT2D eigenvalue weighted by molar-refractivity contribution is 5.47. The van der Waals surface area contributed by atoms with Gasteiger partial charge in [-0.1, -0.05) is 12.1 Å². The number of hydrogen-bond acceptors (Lipinski definition) is 3. The molecule has 2 aliphatic heterocycles. The molecule has 0 saturated carbocycles. The van der Waals surface area contributed by atoms with Crippen LogP contribution in [0.1, 0.15) is 12.5 Å². The smallest absolute Gasteiger partial charge is 0.263 e. The van der Waals surface area contributed by atoms with Gasteiger partial charge in [0.05, 0.1) is 5.56 Å². The number of hydrogen-bond donors (Lipinski definition) is 1. The molecule has 0 radical (unpaired) electrons. The molecule has 1 fully saturated rings. The van der Waals surface area contributed by atoms with Crippen molar-refractivity contribution < 1.29 is 14.8 Å². The van der Waals surface area contributed by atoms with Crippen molar-refractivity contribution in [1.29, 1.82) is 0 Å². The first-order valence-electron chi connectivity index (χ1n) is 4.22. The second-order valence-corrected chi connectivity index (χ2v) is 3.58. The van der Waals surface area contributed by atoms with Crippen molar-refractivity contribution in [2.45, 2.75) is 18.8 Å². The van der Waals surface area contributed by atoms with Gasteiger partial charge in [-0.15, -0.1) is 0 Å². The average molecular weight is 179 g/mol. The van der Waals surface area contributed by atoms with Gasteiger partial charge in [0.1, 0.15) is 5.69 Å². The van der Waals surface area contributed by atoms with Crippen LogP contribution in [0.25, 0.3) is 0 Å². The fraction of sp³-hybridized carbons (Fsp3) is 0.333. The number of fused-ring (bicyclic) bond motifs is 3. The van der Waals surface area contributed by atoms with Crippen molar-refractivity contribution in [3.8, 4) is 0 Å². The zero-order valence-corrected chi connectivity index (χ0v) is 7.11. The van der Waals surface area contributed by atoms with Crippen LogP contribution in [-0.2, 0) is 15.4 Å². The molecule has 4 heteroatoms. The van der Waals surface area contributed by atoms with Crippen LogP contribution in [0.3, 0.4) is 0 Å². The van der Waals surface area contributed by atoms with Crippen LogP contribution < -0.4 is 5.06 Å². The molecule has 13 heavy (non-hydrogen) atoms. The number of nitrogens with one attached hydrogen (secondary N) is 1. The van der Waals surface area contributed by atoms with Gasteiger partial charge in [0.2, 0.25) is 5.60 Å². The van der Waals surface area contributed by atoms with Crippen LogP contribution >= 0.6 is 0 Å². The predicted octanol–water partition coefficient (Wildman–Crippen LogP) is 0.217. The SMILES string of the molecule is CC12OOC1[NH+]([O-])c1ccccc12. The summed E-state index contributed by atoms with van der Waals surface area (Å²) in [5.74, 6) is 0. The topological polar surface area (TPSA) is 46.0 Å². The number of benzene rings is 1. The molecule has 4 nitrogen and oxygen atoms in total. The van der Waals surface area contributed by atoms with E-state index in [9.17, 15) is 5.21 Å². The van der Waals surface area contributed by atoms with E-state index in [2.05, 4.69) is 0 Å². The molecule has 2 heterocycles. The maximum absolute atomic E-state index is 11.7. The molecule has 3 atom stereocenters.